The summed E-state index contributed by atoms with van der Waals surface area (Å²) in [6, 6.07) is 0. The SMILES string of the molecule is O=C(O)CCCCCN1C=CC=CC=C1. The first-order valence-electron chi connectivity index (χ1n) is 5.28. The number of aliphatic carboxylic acids is 1. The van der Waals surface area contributed by atoms with Crippen molar-refractivity contribution >= 4 is 5.97 Å². The average molecular weight is 207 g/mol. The van der Waals surface area contributed by atoms with E-state index < -0.39 is 5.97 Å². The van der Waals surface area contributed by atoms with Gasteiger partial charge in [0.05, 0.1) is 0 Å². The second-order valence-corrected chi connectivity index (χ2v) is 3.51. The van der Waals surface area contributed by atoms with E-state index in [1.165, 1.54) is 0 Å². The van der Waals surface area contributed by atoms with E-state index in [1.807, 2.05) is 36.7 Å². The van der Waals surface area contributed by atoms with Gasteiger partial charge in [0.1, 0.15) is 0 Å². The molecule has 0 aromatic carbocycles. The van der Waals surface area contributed by atoms with Crippen LogP contribution in [0.4, 0.5) is 0 Å². The number of carbonyl (C=O) groups is 1. The molecule has 15 heavy (non-hydrogen) atoms. The van der Waals surface area contributed by atoms with Gasteiger partial charge in [-0.15, -0.1) is 0 Å². The quantitative estimate of drug-likeness (QED) is 0.680. The minimum Gasteiger partial charge on any atom is -0.481 e. The van der Waals surface area contributed by atoms with Crippen LogP contribution in [0.2, 0.25) is 0 Å². The van der Waals surface area contributed by atoms with Crippen LogP contribution in [-0.2, 0) is 4.79 Å². The van der Waals surface area contributed by atoms with Crippen molar-refractivity contribution in [1.29, 1.82) is 0 Å². The van der Waals surface area contributed by atoms with E-state index in [2.05, 4.69) is 4.90 Å². The number of carboxylic acids is 1. The Labute approximate surface area is 90.4 Å². The van der Waals surface area contributed by atoms with E-state index in [0.29, 0.717) is 0 Å². The van der Waals surface area contributed by atoms with Crippen molar-refractivity contribution in [3.05, 3.63) is 36.7 Å². The number of hydrogen-bond acceptors (Lipinski definition) is 2. The zero-order chi connectivity index (χ0) is 10.9. The lowest BCUT2D eigenvalue weighted by molar-refractivity contribution is -0.137. The minimum absolute atomic E-state index is 0.285. The molecule has 0 aliphatic carbocycles. The highest BCUT2D eigenvalue weighted by Gasteiger charge is 1.98. The smallest absolute Gasteiger partial charge is 0.303 e. The molecule has 0 aromatic rings. The first-order chi connectivity index (χ1) is 7.29. The van der Waals surface area contributed by atoms with Crippen LogP contribution >= 0.6 is 0 Å². The molecule has 0 bridgehead atoms. The molecule has 1 N–H and O–H groups in total. The van der Waals surface area contributed by atoms with Crippen LogP contribution in [0.1, 0.15) is 25.7 Å². The Morgan fingerprint density at radius 1 is 1.00 bits per heavy atom. The number of carboxylic acid groups (broad SMARTS) is 1. The van der Waals surface area contributed by atoms with Crippen molar-refractivity contribution in [3.63, 3.8) is 0 Å². The molecule has 1 aliphatic rings. The molecule has 1 heterocycles. The van der Waals surface area contributed by atoms with Crippen molar-refractivity contribution in [2.45, 2.75) is 25.7 Å². The highest BCUT2D eigenvalue weighted by Crippen LogP contribution is 2.04. The number of hydrogen-bond donors (Lipinski definition) is 1. The summed E-state index contributed by atoms with van der Waals surface area (Å²) in [6.45, 7) is 0.953. The lowest BCUT2D eigenvalue weighted by atomic mass is 10.2. The van der Waals surface area contributed by atoms with Gasteiger partial charge in [0.2, 0.25) is 0 Å². The first kappa shape index (κ1) is 11.6. The summed E-state index contributed by atoms with van der Waals surface area (Å²) < 4.78 is 0. The number of rotatable bonds is 6. The van der Waals surface area contributed by atoms with E-state index in [1.54, 1.807) is 0 Å². The summed E-state index contributed by atoms with van der Waals surface area (Å²) in [4.78, 5) is 12.4. The Morgan fingerprint density at radius 3 is 2.27 bits per heavy atom. The molecule has 0 saturated carbocycles. The van der Waals surface area contributed by atoms with Gasteiger partial charge in [-0.05, 0) is 25.0 Å². The second kappa shape index (κ2) is 6.87. The largest absolute Gasteiger partial charge is 0.481 e. The molecular formula is C12H17NO2. The summed E-state index contributed by atoms with van der Waals surface area (Å²) in [7, 11) is 0. The summed E-state index contributed by atoms with van der Waals surface area (Å²) in [6.07, 6.45) is 15.1. The second-order valence-electron chi connectivity index (χ2n) is 3.51. The Balaban J connectivity index is 2.07. The summed E-state index contributed by atoms with van der Waals surface area (Å²) in [5, 5.41) is 8.46. The third kappa shape index (κ3) is 5.73. The topological polar surface area (TPSA) is 40.5 Å². The molecule has 0 aromatic heterocycles. The van der Waals surface area contributed by atoms with Crippen molar-refractivity contribution in [1.82, 2.24) is 4.90 Å². The molecular weight excluding hydrogens is 190 g/mol. The van der Waals surface area contributed by atoms with Crippen LogP contribution in [0.5, 0.6) is 0 Å². The van der Waals surface area contributed by atoms with Crippen molar-refractivity contribution in [2.75, 3.05) is 6.54 Å². The molecule has 82 valence electrons. The maximum atomic E-state index is 10.3. The fourth-order valence-electron chi connectivity index (χ4n) is 1.39. The molecule has 0 fully saturated rings. The summed E-state index contributed by atoms with van der Waals surface area (Å²) in [5.41, 5.74) is 0. The van der Waals surface area contributed by atoms with Gasteiger partial charge in [-0.2, -0.15) is 0 Å². The Hall–Kier alpha value is -1.51. The highest BCUT2D eigenvalue weighted by atomic mass is 16.4. The molecule has 1 aliphatic heterocycles. The Morgan fingerprint density at radius 2 is 1.67 bits per heavy atom. The van der Waals surface area contributed by atoms with Crippen molar-refractivity contribution < 1.29 is 9.90 Å². The molecule has 0 saturated heterocycles. The normalized spacial score (nSPS) is 14.3. The van der Waals surface area contributed by atoms with Crippen LogP contribution in [-0.4, -0.2) is 22.5 Å². The maximum Gasteiger partial charge on any atom is 0.303 e. The van der Waals surface area contributed by atoms with Gasteiger partial charge < -0.3 is 10.0 Å². The Kier molecular flexibility index (Phi) is 5.30. The lowest BCUT2D eigenvalue weighted by Crippen LogP contribution is -2.10. The van der Waals surface area contributed by atoms with E-state index in [9.17, 15) is 4.79 Å². The number of unbranched alkanes of at least 4 members (excludes halogenated alkanes) is 2. The van der Waals surface area contributed by atoms with Gasteiger partial charge in [0.25, 0.3) is 0 Å². The van der Waals surface area contributed by atoms with E-state index in [-0.39, 0.29) is 6.42 Å². The molecule has 0 spiro atoms. The van der Waals surface area contributed by atoms with Crippen molar-refractivity contribution in [2.24, 2.45) is 0 Å². The van der Waals surface area contributed by atoms with Gasteiger partial charge in [-0.25, -0.2) is 0 Å². The Bertz CT molecular complexity index is 263. The first-order valence-corrected chi connectivity index (χ1v) is 5.28. The summed E-state index contributed by atoms with van der Waals surface area (Å²) in [5.74, 6) is -0.700. The van der Waals surface area contributed by atoms with Crippen LogP contribution < -0.4 is 0 Å². The standard InChI is InChI=1S/C12H17NO2/c14-12(15)8-4-3-7-11-13-9-5-1-2-6-10-13/h1-2,5-6,9-10H,3-4,7-8,11H2,(H,14,15). The van der Waals surface area contributed by atoms with Crippen molar-refractivity contribution in [3.8, 4) is 0 Å². The highest BCUT2D eigenvalue weighted by molar-refractivity contribution is 5.66. The molecule has 0 radical (unpaired) electrons. The molecule has 3 heteroatoms. The zero-order valence-electron chi connectivity index (χ0n) is 8.80. The zero-order valence-corrected chi connectivity index (χ0v) is 8.80. The molecule has 0 atom stereocenters. The van der Waals surface area contributed by atoms with Gasteiger partial charge in [0, 0.05) is 25.4 Å². The monoisotopic (exact) mass is 207 g/mol. The maximum absolute atomic E-state index is 10.3. The molecule has 1 rings (SSSR count). The fraction of sp³-hybridized carbons (Fsp3) is 0.417. The van der Waals surface area contributed by atoms with Crippen LogP contribution in [0.3, 0.4) is 0 Å². The predicted octanol–water partition coefficient (Wildman–Crippen LogP) is 2.53. The van der Waals surface area contributed by atoms with Crippen LogP contribution in [0.15, 0.2) is 36.7 Å². The molecule has 0 amide bonds. The van der Waals surface area contributed by atoms with E-state index >= 15 is 0 Å². The van der Waals surface area contributed by atoms with Gasteiger partial charge in [0.15, 0.2) is 0 Å². The lowest BCUT2D eigenvalue weighted by Gasteiger charge is -2.13. The summed E-state index contributed by atoms with van der Waals surface area (Å²) >= 11 is 0. The van der Waals surface area contributed by atoms with Crippen LogP contribution in [0, 0.1) is 0 Å². The molecule has 0 unspecified atom stereocenters. The predicted molar refractivity (Wildman–Crippen MR) is 60.2 cm³/mol. The van der Waals surface area contributed by atoms with E-state index in [0.717, 1.165) is 25.8 Å². The van der Waals surface area contributed by atoms with Crippen LogP contribution in [0.25, 0.3) is 0 Å². The third-order valence-electron chi connectivity index (χ3n) is 2.20. The fourth-order valence-corrected chi connectivity index (χ4v) is 1.39. The average Bonchev–Trinajstić information content (AvgIpc) is 2.45. The number of nitrogens with zero attached hydrogens (tertiary/aromatic N) is 1. The van der Waals surface area contributed by atoms with E-state index in [4.69, 9.17) is 5.11 Å². The van der Waals surface area contributed by atoms with Gasteiger partial charge in [-0.1, -0.05) is 18.6 Å². The minimum atomic E-state index is -0.700. The van der Waals surface area contributed by atoms with Gasteiger partial charge >= 0.3 is 5.97 Å². The van der Waals surface area contributed by atoms with Gasteiger partial charge in [-0.3, -0.25) is 4.79 Å². The number of allylic oxidation sites excluding steroid dienone is 4. The molecule has 3 nitrogen and oxygen atoms in total. The third-order valence-corrected chi connectivity index (χ3v) is 2.20.